The molecule has 1 aliphatic carbocycles. The van der Waals surface area contributed by atoms with E-state index in [1.165, 1.54) is 0 Å². The molecule has 0 unspecified atom stereocenters. The largest absolute Gasteiger partial charge is 0.339 e. The number of nitrogens with two attached hydrogens (primary N) is 1. The van der Waals surface area contributed by atoms with Crippen molar-refractivity contribution in [3.05, 3.63) is 11.7 Å². The summed E-state index contributed by atoms with van der Waals surface area (Å²) in [6.07, 6.45) is 6.36. The van der Waals surface area contributed by atoms with Crippen molar-refractivity contribution in [2.45, 2.75) is 43.4 Å². The minimum Gasteiger partial charge on any atom is -0.339 e. The molecule has 0 aromatic carbocycles. The Morgan fingerprint density at radius 3 is 2.80 bits per heavy atom. The molecule has 2 N–H and O–H groups in total. The van der Waals surface area contributed by atoms with Crippen LogP contribution in [-0.2, 0) is 5.75 Å². The van der Waals surface area contributed by atoms with E-state index in [2.05, 4.69) is 10.1 Å². The van der Waals surface area contributed by atoms with Gasteiger partial charge in [0.1, 0.15) is 0 Å². The molecule has 0 bridgehead atoms. The van der Waals surface area contributed by atoms with Gasteiger partial charge in [0.25, 0.3) is 0 Å². The predicted octanol–water partition coefficient (Wildman–Crippen LogP) is 1.92. The van der Waals surface area contributed by atoms with Gasteiger partial charge in [-0.25, -0.2) is 0 Å². The number of aromatic nitrogens is 2. The lowest BCUT2D eigenvalue weighted by atomic mass is 9.86. The SMILES string of the molecule is CSCc1noc(C2CCC(N)CC2)n1. The lowest BCUT2D eigenvalue weighted by Crippen LogP contribution is -2.25. The van der Waals surface area contributed by atoms with E-state index in [0.717, 1.165) is 43.2 Å². The number of rotatable bonds is 3. The summed E-state index contributed by atoms with van der Waals surface area (Å²) in [7, 11) is 0. The molecule has 1 heterocycles. The van der Waals surface area contributed by atoms with Gasteiger partial charge in [0.15, 0.2) is 5.82 Å². The fourth-order valence-electron chi connectivity index (χ4n) is 1.99. The molecule has 4 nitrogen and oxygen atoms in total. The van der Waals surface area contributed by atoms with Gasteiger partial charge in [-0.2, -0.15) is 16.7 Å². The van der Waals surface area contributed by atoms with E-state index in [9.17, 15) is 0 Å². The number of hydrogen-bond donors (Lipinski definition) is 1. The fraction of sp³-hybridized carbons (Fsp3) is 0.800. The van der Waals surface area contributed by atoms with Gasteiger partial charge in [0.05, 0.1) is 5.75 Å². The molecule has 2 rings (SSSR count). The van der Waals surface area contributed by atoms with Crippen LogP contribution in [0.15, 0.2) is 4.52 Å². The van der Waals surface area contributed by atoms with Crippen LogP contribution in [0.3, 0.4) is 0 Å². The van der Waals surface area contributed by atoms with Crippen LogP contribution in [0.2, 0.25) is 0 Å². The third-order valence-electron chi connectivity index (χ3n) is 2.88. The summed E-state index contributed by atoms with van der Waals surface area (Å²) < 4.78 is 5.28. The molecule has 84 valence electrons. The lowest BCUT2D eigenvalue weighted by Gasteiger charge is -2.22. The van der Waals surface area contributed by atoms with Gasteiger partial charge in [0, 0.05) is 12.0 Å². The Bertz CT molecular complexity index is 307. The first-order chi connectivity index (χ1) is 7.29. The fourth-order valence-corrected chi connectivity index (χ4v) is 2.36. The van der Waals surface area contributed by atoms with Crippen molar-refractivity contribution in [2.24, 2.45) is 5.73 Å². The lowest BCUT2D eigenvalue weighted by molar-refractivity contribution is 0.300. The zero-order chi connectivity index (χ0) is 10.7. The second-order valence-electron chi connectivity index (χ2n) is 4.09. The van der Waals surface area contributed by atoms with E-state index in [0.29, 0.717) is 12.0 Å². The molecule has 15 heavy (non-hydrogen) atoms. The molecule has 0 amide bonds. The van der Waals surface area contributed by atoms with Gasteiger partial charge >= 0.3 is 0 Å². The maximum atomic E-state index is 5.86. The molecule has 0 spiro atoms. The molecule has 0 radical (unpaired) electrons. The van der Waals surface area contributed by atoms with Crippen LogP contribution in [0.5, 0.6) is 0 Å². The van der Waals surface area contributed by atoms with Crippen LogP contribution in [0.25, 0.3) is 0 Å². The van der Waals surface area contributed by atoms with Gasteiger partial charge in [-0.1, -0.05) is 5.16 Å². The summed E-state index contributed by atoms with van der Waals surface area (Å²) >= 11 is 1.71. The quantitative estimate of drug-likeness (QED) is 0.854. The number of nitrogens with zero attached hydrogens (tertiary/aromatic N) is 2. The maximum absolute atomic E-state index is 5.86. The second kappa shape index (κ2) is 4.99. The highest BCUT2D eigenvalue weighted by Gasteiger charge is 2.24. The van der Waals surface area contributed by atoms with Crippen LogP contribution >= 0.6 is 11.8 Å². The highest BCUT2D eigenvalue weighted by atomic mass is 32.2. The van der Waals surface area contributed by atoms with Crippen molar-refractivity contribution in [3.8, 4) is 0 Å². The molecule has 1 aromatic heterocycles. The summed E-state index contributed by atoms with van der Waals surface area (Å²) in [6, 6.07) is 0.370. The first kappa shape index (κ1) is 11.0. The molecule has 0 saturated heterocycles. The first-order valence-electron chi connectivity index (χ1n) is 5.36. The standard InChI is InChI=1S/C10H17N3OS/c1-15-6-9-12-10(14-13-9)7-2-4-8(11)5-3-7/h7-8H,2-6,11H2,1H3. The van der Waals surface area contributed by atoms with E-state index < -0.39 is 0 Å². The van der Waals surface area contributed by atoms with Crippen molar-refractivity contribution >= 4 is 11.8 Å². The highest BCUT2D eigenvalue weighted by Crippen LogP contribution is 2.31. The molecular weight excluding hydrogens is 210 g/mol. The zero-order valence-corrected chi connectivity index (χ0v) is 9.80. The average Bonchev–Trinajstić information content (AvgIpc) is 2.68. The Kier molecular flexibility index (Phi) is 3.64. The Balaban J connectivity index is 1.96. The van der Waals surface area contributed by atoms with Gasteiger partial charge in [-0.05, 0) is 31.9 Å². The van der Waals surface area contributed by atoms with E-state index in [4.69, 9.17) is 10.3 Å². The van der Waals surface area contributed by atoms with E-state index >= 15 is 0 Å². The second-order valence-corrected chi connectivity index (χ2v) is 4.96. The van der Waals surface area contributed by atoms with Crippen LogP contribution < -0.4 is 5.73 Å². The minimum absolute atomic E-state index is 0.370. The Labute approximate surface area is 94.0 Å². The summed E-state index contributed by atoms with van der Waals surface area (Å²) in [4.78, 5) is 4.41. The van der Waals surface area contributed by atoms with Gasteiger partial charge in [0.2, 0.25) is 5.89 Å². The first-order valence-corrected chi connectivity index (χ1v) is 6.76. The van der Waals surface area contributed by atoms with Gasteiger partial charge < -0.3 is 10.3 Å². The molecule has 0 aliphatic heterocycles. The average molecular weight is 227 g/mol. The number of hydrogen-bond acceptors (Lipinski definition) is 5. The Morgan fingerprint density at radius 2 is 2.13 bits per heavy atom. The van der Waals surface area contributed by atoms with E-state index in [1.54, 1.807) is 11.8 Å². The topological polar surface area (TPSA) is 64.9 Å². The molecule has 0 atom stereocenters. The summed E-state index contributed by atoms with van der Waals surface area (Å²) in [5.41, 5.74) is 5.86. The summed E-state index contributed by atoms with van der Waals surface area (Å²) in [5.74, 6) is 2.89. The molecule has 5 heteroatoms. The van der Waals surface area contributed by atoms with Crippen molar-refractivity contribution in [3.63, 3.8) is 0 Å². The third kappa shape index (κ3) is 2.72. The van der Waals surface area contributed by atoms with Gasteiger partial charge in [-0.3, -0.25) is 0 Å². The molecule has 1 fully saturated rings. The van der Waals surface area contributed by atoms with Crippen LogP contribution in [-0.4, -0.2) is 22.4 Å². The van der Waals surface area contributed by atoms with Crippen LogP contribution in [0, 0.1) is 0 Å². The smallest absolute Gasteiger partial charge is 0.229 e. The normalized spacial score (nSPS) is 26.8. The minimum atomic E-state index is 0.370. The Morgan fingerprint density at radius 1 is 1.40 bits per heavy atom. The van der Waals surface area contributed by atoms with Crippen molar-refractivity contribution in [1.29, 1.82) is 0 Å². The molecule has 1 aliphatic rings. The molecular formula is C10H17N3OS. The van der Waals surface area contributed by atoms with Crippen molar-refractivity contribution < 1.29 is 4.52 Å². The van der Waals surface area contributed by atoms with Gasteiger partial charge in [-0.15, -0.1) is 0 Å². The Hall–Kier alpha value is -0.550. The van der Waals surface area contributed by atoms with Crippen LogP contribution in [0.1, 0.15) is 43.3 Å². The summed E-state index contributed by atoms with van der Waals surface area (Å²) in [6.45, 7) is 0. The highest BCUT2D eigenvalue weighted by molar-refractivity contribution is 7.97. The predicted molar refractivity (Wildman–Crippen MR) is 60.7 cm³/mol. The number of thioether (sulfide) groups is 1. The zero-order valence-electron chi connectivity index (χ0n) is 8.98. The van der Waals surface area contributed by atoms with Crippen molar-refractivity contribution in [2.75, 3.05) is 6.26 Å². The molecule has 1 aromatic rings. The monoisotopic (exact) mass is 227 g/mol. The summed E-state index contributed by atoms with van der Waals surface area (Å²) in [5, 5.41) is 3.96. The van der Waals surface area contributed by atoms with Crippen molar-refractivity contribution in [1.82, 2.24) is 10.1 Å². The van der Waals surface area contributed by atoms with Crippen LogP contribution in [0.4, 0.5) is 0 Å². The third-order valence-corrected chi connectivity index (χ3v) is 3.43. The van der Waals surface area contributed by atoms with E-state index in [-0.39, 0.29) is 0 Å². The maximum Gasteiger partial charge on any atom is 0.229 e. The molecule has 1 saturated carbocycles. The van der Waals surface area contributed by atoms with E-state index in [1.807, 2.05) is 6.26 Å².